The maximum atomic E-state index is 13.8. The number of carbonyl (C=O) groups is 1. The van der Waals surface area contributed by atoms with Gasteiger partial charge in [-0.15, -0.1) is 0 Å². The molecule has 0 aliphatic carbocycles. The van der Waals surface area contributed by atoms with E-state index in [4.69, 9.17) is 4.74 Å². The fraction of sp³-hybridized carbons (Fsp3) is 0.321. The zero-order chi connectivity index (χ0) is 23.9. The lowest BCUT2D eigenvalue weighted by Gasteiger charge is -2.40. The van der Waals surface area contributed by atoms with Crippen molar-refractivity contribution in [3.8, 4) is 5.75 Å². The van der Waals surface area contributed by atoms with Crippen molar-refractivity contribution in [2.24, 2.45) is 0 Å². The number of likely N-dealkylation sites (tertiary alicyclic amines) is 1. The molecule has 0 unspecified atom stereocenters. The van der Waals surface area contributed by atoms with Gasteiger partial charge in [0.2, 0.25) is 0 Å². The summed E-state index contributed by atoms with van der Waals surface area (Å²) in [6, 6.07) is 17.7. The van der Waals surface area contributed by atoms with Crippen LogP contribution in [0.15, 0.2) is 60.7 Å². The Kier molecular flexibility index (Phi) is 5.86. The quantitative estimate of drug-likeness (QED) is 0.515. The molecular formula is C28H28F2N2O2. The van der Waals surface area contributed by atoms with Crippen LogP contribution in [0.5, 0.6) is 5.75 Å². The van der Waals surface area contributed by atoms with Gasteiger partial charge >= 0.3 is 0 Å². The van der Waals surface area contributed by atoms with Gasteiger partial charge in [0.1, 0.15) is 5.75 Å². The zero-order valence-electron chi connectivity index (χ0n) is 19.5. The zero-order valence-corrected chi connectivity index (χ0v) is 19.5. The van der Waals surface area contributed by atoms with E-state index < -0.39 is 11.6 Å². The Hall–Kier alpha value is -3.25. The number of benzene rings is 3. The number of methoxy groups -OCH3 is 1. The predicted octanol–water partition coefficient (Wildman–Crippen LogP) is 5.48. The number of halogens is 2. The monoisotopic (exact) mass is 462 g/mol. The summed E-state index contributed by atoms with van der Waals surface area (Å²) in [5.41, 5.74) is 4.46. The predicted molar refractivity (Wildman–Crippen MR) is 128 cm³/mol. The molecule has 6 heteroatoms. The van der Waals surface area contributed by atoms with Gasteiger partial charge in [0.25, 0.3) is 5.91 Å². The summed E-state index contributed by atoms with van der Waals surface area (Å²) in [5, 5.41) is 0. The molecule has 1 amide bonds. The van der Waals surface area contributed by atoms with E-state index in [1.807, 2.05) is 24.3 Å². The maximum absolute atomic E-state index is 13.8. The number of fused-ring (bicyclic) bond motifs is 2. The molecule has 3 aromatic carbocycles. The topological polar surface area (TPSA) is 32.8 Å². The summed E-state index contributed by atoms with van der Waals surface area (Å²) in [5.74, 6) is -1.39. The number of amides is 1. The van der Waals surface area contributed by atoms with Crippen molar-refractivity contribution in [2.75, 3.05) is 31.6 Å². The molecule has 0 N–H and O–H groups in total. The van der Waals surface area contributed by atoms with Crippen LogP contribution >= 0.6 is 0 Å². The highest BCUT2D eigenvalue weighted by Gasteiger charge is 2.46. The van der Waals surface area contributed by atoms with E-state index in [2.05, 4.69) is 30.0 Å². The van der Waals surface area contributed by atoms with Gasteiger partial charge in [0.15, 0.2) is 11.6 Å². The Balaban J connectivity index is 1.38. The van der Waals surface area contributed by atoms with Crippen LogP contribution in [0, 0.1) is 18.6 Å². The van der Waals surface area contributed by atoms with Gasteiger partial charge in [-0.2, -0.15) is 0 Å². The van der Waals surface area contributed by atoms with E-state index in [-0.39, 0.29) is 16.9 Å². The molecule has 176 valence electrons. The van der Waals surface area contributed by atoms with Crippen molar-refractivity contribution in [3.63, 3.8) is 0 Å². The standard InChI is InChI=1S/C28H28F2N2O2/c1-19-6-9-26-23(14-19)28(18-32(26)27(33)21-7-8-24(29)25(30)16-21)10-12-31(13-11-28)17-20-4-3-5-22(15-20)34-2/h3-9,14-16H,10-13,17-18H2,1-2H3. The molecule has 34 heavy (non-hydrogen) atoms. The van der Waals surface area contributed by atoms with E-state index in [0.717, 1.165) is 61.6 Å². The second kappa shape index (κ2) is 8.84. The van der Waals surface area contributed by atoms with Gasteiger partial charge in [-0.3, -0.25) is 9.69 Å². The Morgan fingerprint density at radius 2 is 1.79 bits per heavy atom. The largest absolute Gasteiger partial charge is 0.497 e. The smallest absolute Gasteiger partial charge is 0.258 e. The van der Waals surface area contributed by atoms with Gasteiger partial charge < -0.3 is 9.64 Å². The van der Waals surface area contributed by atoms with Crippen molar-refractivity contribution in [2.45, 2.75) is 31.7 Å². The minimum atomic E-state index is -1.00. The van der Waals surface area contributed by atoms with Gasteiger partial charge in [-0.05, 0) is 80.4 Å². The van der Waals surface area contributed by atoms with Gasteiger partial charge in [0, 0.05) is 29.8 Å². The first-order valence-electron chi connectivity index (χ1n) is 11.6. The van der Waals surface area contributed by atoms with E-state index >= 15 is 0 Å². The Morgan fingerprint density at radius 1 is 1.00 bits per heavy atom. The molecule has 0 bridgehead atoms. The van der Waals surface area contributed by atoms with Crippen molar-refractivity contribution >= 4 is 11.6 Å². The molecule has 5 rings (SSSR count). The summed E-state index contributed by atoms with van der Waals surface area (Å²) in [4.78, 5) is 17.6. The van der Waals surface area contributed by atoms with Gasteiger partial charge in [0.05, 0.1) is 7.11 Å². The highest BCUT2D eigenvalue weighted by Crippen LogP contribution is 2.48. The van der Waals surface area contributed by atoms with Crippen LogP contribution in [0.25, 0.3) is 0 Å². The lowest BCUT2D eigenvalue weighted by atomic mass is 9.74. The third-order valence-electron chi connectivity index (χ3n) is 7.24. The number of carbonyl (C=O) groups excluding carboxylic acids is 1. The van der Waals surface area contributed by atoms with E-state index in [9.17, 15) is 13.6 Å². The Morgan fingerprint density at radius 3 is 2.53 bits per heavy atom. The molecule has 3 aromatic rings. The molecule has 1 fully saturated rings. The van der Waals surface area contributed by atoms with Crippen LogP contribution < -0.4 is 9.64 Å². The molecule has 4 nitrogen and oxygen atoms in total. The summed E-state index contributed by atoms with van der Waals surface area (Å²) in [7, 11) is 1.68. The van der Waals surface area contributed by atoms with Crippen LogP contribution in [0.3, 0.4) is 0 Å². The normalized spacial score (nSPS) is 17.1. The Labute approximate surface area is 198 Å². The SMILES string of the molecule is COc1cccc(CN2CCC3(CC2)CN(C(=O)c2ccc(F)c(F)c2)c2ccc(C)cc23)c1. The highest BCUT2D eigenvalue weighted by atomic mass is 19.2. The second-order valence-corrected chi connectivity index (χ2v) is 9.45. The van der Waals surface area contributed by atoms with Crippen molar-refractivity contribution in [3.05, 3.63) is 94.6 Å². The molecule has 0 radical (unpaired) electrons. The lowest BCUT2D eigenvalue weighted by Crippen LogP contribution is -2.45. The van der Waals surface area contributed by atoms with Crippen LogP contribution in [0.1, 0.15) is 39.9 Å². The average molecular weight is 463 g/mol. The first-order chi connectivity index (χ1) is 16.4. The fourth-order valence-electron chi connectivity index (χ4n) is 5.34. The maximum Gasteiger partial charge on any atom is 0.258 e. The third kappa shape index (κ3) is 4.07. The van der Waals surface area contributed by atoms with E-state index in [1.54, 1.807) is 12.0 Å². The molecule has 0 saturated carbocycles. The molecule has 2 aliphatic heterocycles. The van der Waals surface area contributed by atoms with Crippen LogP contribution in [-0.4, -0.2) is 37.6 Å². The molecule has 1 saturated heterocycles. The van der Waals surface area contributed by atoms with Crippen molar-refractivity contribution in [1.82, 2.24) is 4.90 Å². The van der Waals surface area contributed by atoms with Crippen molar-refractivity contribution in [1.29, 1.82) is 0 Å². The molecule has 0 atom stereocenters. The number of piperidine rings is 1. The molecule has 2 heterocycles. The number of rotatable bonds is 4. The number of nitrogens with zero attached hydrogens (tertiary/aromatic N) is 2. The first kappa shape index (κ1) is 22.5. The van der Waals surface area contributed by atoms with E-state index in [1.165, 1.54) is 17.2 Å². The van der Waals surface area contributed by atoms with Crippen LogP contribution in [0.4, 0.5) is 14.5 Å². The van der Waals surface area contributed by atoms with E-state index in [0.29, 0.717) is 6.54 Å². The number of hydrogen-bond acceptors (Lipinski definition) is 3. The minimum absolute atomic E-state index is 0.138. The van der Waals surface area contributed by atoms with Crippen LogP contribution in [0.2, 0.25) is 0 Å². The summed E-state index contributed by atoms with van der Waals surface area (Å²) in [6.07, 6.45) is 1.85. The Bertz CT molecular complexity index is 1230. The molecule has 0 aromatic heterocycles. The lowest BCUT2D eigenvalue weighted by molar-refractivity contribution is 0.0975. The van der Waals surface area contributed by atoms with Gasteiger partial charge in [-0.25, -0.2) is 8.78 Å². The molecular weight excluding hydrogens is 434 g/mol. The molecule has 2 aliphatic rings. The summed E-state index contributed by atoms with van der Waals surface area (Å²) < 4.78 is 32.6. The number of ether oxygens (including phenoxy) is 1. The van der Waals surface area contributed by atoms with Crippen LogP contribution in [-0.2, 0) is 12.0 Å². The number of anilines is 1. The fourth-order valence-corrected chi connectivity index (χ4v) is 5.34. The first-order valence-corrected chi connectivity index (χ1v) is 11.6. The second-order valence-electron chi connectivity index (χ2n) is 9.45. The number of aryl methyl sites for hydroxylation is 1. The van der Waals surface area contributed by atoms with Gasteiger partial charge in [-0.1, -0.05) is 29.8 Å². The minimum Gasteiger partial charge on any atom is -0.497 e. The average Bonchev–Trinajstić information content (AvgIpc) is 3.15. The number of hydrogen-bond donors (Lipinski definition) is 0. The highest BCUT2D eigenvalue weighted by molar-refractivity contribution is 6.07. The molecule has 1 spiro atoms. The van der Waals surface area contributed by atoms with Crippen molar-refractivity contribution < 1.29 is 18.3 Å². The summed E-state index contributed by atoms with van der Waals surface area (Å²) in [6.45, 7) is 5.30. The summed E-state index contributed by atoms with van der Waals surface area (Å²) >= 11 is 0. The third-order valence-corrected chi connectivity index (χ3v) is 7.24.